The number of amides is 2. The third kappa shape index (κ3) is 5.34. The Balaban J connectivity index is 1.90. The number of carbonyl (C=O) groups is 1. The molecule has 0 saturated heterocycles. The zero-order valence-corrected chi connectivity index (χ0v) is 13.6. The minimum Gasteiger partial charge on any atom is -0.393 e. The van der Waals surface area contributed by atoms with E-state index in [0.717, 1.165) is 37.7 Å². The summed E-state index contributed by atoms with van der Waals surface area (Å²) in [6.45, 7) is 4.33. The Morgan fingerprint density at radius 3 is 2.41 bits per heavy atom. The van der Waals surface area contributed by atoms with Crippen LogP contribution >= 0.6 is 0 Å². The fourth-order valence-electron chi connectivity index (χ4n) is 3.04. The molecule has 4 heteroatoms. The van der Waals surface area contributed by atoms with Gasteiger partial charge in [0.1, 0.15) is 0 Å². The highest BCUT2D eigenvalue weighted by Crippen LogP contribution is 2.22. The Morgan fingerprint density at radius 1 is 1.18 bits per heavy atom. The first-order chi connectivity index (χ1) is 10.5. The molecular formula is C18H28N2O2. The van der Waals surface area contributed by atoms with E-state index in [-0.39, 0.29) is 24.2 Å². The van der Waals surface area contributed by atoms with E-state index in [2.05, 4.69) is 36.6 Å². The van der Waals surface area contributed by atoms with Crippen LogP contribution in [-0.4, -0.2) is 23.3 Å². The summed E-state index contributed by atoms with van der Waals surface area (Å²) in [6.07, 6.45) is 3.99. The molecular weight excluding hydrogens is 276 g/mol. The molecule has 0 aliphatic heterocycles. The number of benzene rings is 1. The van der Waals surface area contributed by atoms with Crippen molar-refractivity contribution in [3.05, 3.63) is 35.9 Å². The molecule has 3 N–H and O–H groups in total. The highest BCUT2D eigenvalue weighted by Gasteiger charge is 2.22. The molecule has 1 saturated carbocycles. The molecule has 2 rings (SSSR count). The molecule has 1 atom stereocenters. The van der Waals surface area contributed by atoms with Crippen LogP contribution in [0.25, 0.3) is 0 Å². The topological polar surface area (TPSA) is 61.4 Å². The number of aliphatic hydroxyl groups excluding tert-OH is 1. The number of nitrogens with one attached hydrogen (secondary N) is 2. The smallest absolute Gasteiger partial charge is 0.315 e. The minimum atomic E-state index is -0.195. The lowest BCUT2D eigenvalue weighted by Gasteiger charge is -2.28. The van der Waals surface area contributed by atoms with Crippen molar-refractivity contribution in [1.82, 2.24) is 10.6 Å². The lowest BCUT2D eigenvalue weighted by atomic mass is 9.93. The second-order valence-corrected chi connectivity index (χ2v) is 6.72. The van der Waals surface area contributed by atoms with Crippen molar-refractivity contribution >= 4 is 6.03 Å². The molecule has 2 amide bonds. The molecule has 4 nitrogen and oxygen atoms in total. The molecule has 1 aliphatic carbocycles. The molecule has 122 valence electrons. The van der Waals surface area contributed by atoms with E-state index in [0.29, 0.717) is 5.92 Å². The van der Waals surface area contributed by atoms with Gasteiger partial charge < -0.3 is 15.7 Å². The van der Waals surface area contributed by atoms with E-state index in [9.17, 15) is 9.90 Å². The lowest BCUT2D eigenvalue weighted by Crippen LogP contribution is -2.45. The van der Waals surface area contributed by atoms with Crippen LogP contribution in [-0.2, 0) is 0 Å². The Kier molecular flexibility index (Phi) is 6.25. The molecule has 1 aromatic carbocycles. The highest BCUT2D eigenvalue weighted by molar-refractivity contribution is 5.74. The second kappa shape index (κ2) is 8.18. The molecule has 1 fully saturated rings. The van der Waals surface area contributed by atoms with Gasteiger partial charge in [0.2, 0.25) is 0 Å². The number of rotatable bonds is 5. The standard InChI is InChI=1S/C18H28N2O2/c1-13(2)12-17(14-6-4-3-5-7-14)20-18(22)19-15-8-10-16(21)11-9-15/h3-7,13,15-17,21H,8-12H2,1-2H3,(H2,19,20,22). The van der Waals surface area contributed by atoms with Gasteiger partial charge in [-0.05, 0) is 43.6 Å². The van der Waals surface area contributed by atoms with Crippen molar-refractivity contribution in [2.45, 2.75) is 64.1 Å². The van der Waals surface area contributed by atoms with E-state index >= 15 is 0 Å². The van der Waals surface area contributed by atoms with Crippen molar-refractivity contribution < 1.29 is 9.90 Å². The van der Waals surface area contributed by atoms with Crippen LogP contribution in [0.3, 0.4) is 0 Å². The maximum Gasteiger partial charge on any atom is 0.315 e. The van der Waals surface area contributed by atoms with Gasteiger partial charge in [0.05, 0.1) is 12.1 Å². The predicted octanol–water partition coefficient (Wildman–Crippen LogP) is 3.38. The van der Waals surface area contributed by atoms with E-state index in [1.165, 1.54) is 0 Å². The highest BCUT2D eigenvalue weighted by atomic mass is 16.3. The third-order valence-electron chi connectivity index (χ3n) is 4.25. The molecule has 0 spiro atoms. The third-order valence-corrected chi connectivity index (χ3v) is 4.25. The van der Waals surface area contributed by atoms with Gasteiger partial charge in [-0.1, -0.05) is 44.2 Å². The summed E-state index contributed by atoms with van der Waals surface area (Å²) in [6, 6.07) is 10.2. The summed E-state index contributed by atoms with van der Waals surface area (Å²) in [7, 11) is 0. The summed E-state index contributed by atoms with van der Waals surface area (Å²) >= 11 is 0. The largest absolute Gasteiger partial charge is 0.393 e. The number of aliphatic hydroxyl groups is 1. The Hall–Kier alpha value is -1.55. The second-order valence-electron chi connectivity index (χ2n) is 6.72. The average molecular weight is 304 g/mol. The van der Waals surface area contributed by atoms with Crippen LogP contribution in [0, 0.1) is 5.92 Å². The Labute approximate surface area is 133 Å². The number of carbonyl (C=O) groups excluding carboxylic acids is 1. The SMILES string of the molecule is CC(C)CC(NC(=O)NC1CCC(O)CC1)c1ccccc1. The molecule has 1 aromatic rings. The van der Waals surface area contributed by atoms with Crippen LogP contribution in [0.15, 0.2) is 30.3 Å². The normalized spacial score (nSPS) is 23.1. The van der Waals surface area contributed by atoms with Gasteiger partial charge in [-0.15, -0.1) is 0 Å². The van der Waals surface area contributed by atoms with Gasteiger partial charge in [0.25, 0.3) is 0 Å². The van der Waals surface area contributed by atoms with Gasteiger partial charge in [0, 0.05) is 6.04 Å². The minimum absolute atomic E-state index is 0.0374. The molecule has 0 aromatic heterocycles. The summed E-state index contributed by atoms with van der Waals surface area (Å²) in [5.41, 5.74) is 1.14. The Bertz CT molecular complexity index is 453. The summed E-state index contributed by atoms with van der Waals surface area (Å²) < 4.78 is 0. The predicted molar refractivity (Wildman–Crippen MR) is 88.6 cm³/mol. The fraction of sp³-hybridized carbons (Fsp3) is 0.611. The quantitative estimate of drug-likeness (QED) is 0.781. The summed E-state index contributed by atoms with van der Waals surface area (Å²) in [4.78, 5) is 12.3. The van der Waals surface area contributed by atoms with Crippen LogP contribution in [0.1, 0.15) is 57.6 Å². The first-order valence-corrected chi connectivity index (χ1v) is 8.34. The van der Waals surface area contributed by atoms with Crippen LogP contribution in [0.4, 0.5) is 4.79 Å². The lowest BCUT2D eigenvalue weighted by molar-refractivity contribution is 0.117. The van der Waals surface area contributed by atoms with Crippen molar-refractivity contribution in [3.63, 3.8) is 0 Å². The van der Waals surface area contributed by atoms with Crippen molar-refractivity contribution in [2.24, 2.45) is 5.92 Å². The summed E-state index contributed by atoms with van der Waals surface area (Å²) in [5.74, 6) is 0.510. The van der Waals surface area contributed by atoms with Gasteiger partial charge in [-0.25, -0.2) is 4.79 Å². The van der Waals surface area contributed by atoms with E-state index in [1.807, 2.05) is 18.2 Å². The maximum absolute atomic E-state index is 12.3. The van der Waals surface area contributed by atoms with E-state index in [4.69, 9.17) is 0 Å². The van der Waals surface area contributed by atoms with Gasteiger partial charge in [-0.2, -0.15) is 0 Å². The molecule has 0 heterocycles. The average Bonchev–Trinajstić information content (AvgIpc) is 2.49. The monoisotopic (exact) mass is 304 g/mol. The molecule has 1 aliphatic rings. The van der Waals surface area contributed by atoms with Crippen molar-refractivity contribution in [3.8, 4) is 0 Å². The van der Waals surface area contributed by atoms with Gasteiger partial charge in [0.15, 0.2) is 0 Å². The van der Waals surface area contributed by atoms with Crippen LogP contribution < -0.4 is 10.6 Å². The number of hydrogen-bond donors (Lipinski definition) is 3. The Morgan fingerprint density at radius 2 is 1.82 bits per heavy atom. The van der Waals surface area contributed by atoms with Crippen LogP contribution in [0.5, 0.6) is 0 Å². The molecule has 0 bridgehead atoms. The summed E-state index contributed by atoms with van der Waals surface area (Å²) in [5, 5.41) is 15.7. The molecule has 0 radical (unpaired) electrons. The van der Waals surface area contributed by atoms with E-state index in [1.54, 1.807) is 0 Å². The van der Waals surface area contributed by atoms with Crippen LogP contribution in [0.2, 0.25) is 0 Å². The molecule has 22 heavy (non-hydrogen) atoms. The van der Waals surface area contributed by atoms with Crippen molar-refractivity contribution in [1.29, 1.82) is 0 Å². The number of hydrogen-bond acceptors (Lipinski definition) is 2. The first kappa shape index (κ1) is 16.8. The van der Waals surface area contributed by atoms with Gasteiger partial charge >= 0.3 is 6.03 Å². The fourth-order valence-corrected chi connectivity index (χ4v) is 3.04. The number of urea groups is 1. The van der Waals surface area contributed by atoms with E-state index < -0.39 is 0 Å². The zero-order chi connectivity index (χ0) is 15.9. The zero-order valence-electron chi connectivity index (χ0n) is 13.6. The van der Waals surface area contributed by atoms with Gasteiger partial charge in [-0.3, -0.25) is 0 Å². The van der Waals surface area contributed by atoms with Crippen molar-refractivity contribution in [2.75, 3.05) is 0 Å². The maximum atomic E-state index is 12.3. The first-order valence-electron chi connectivity index (χ1n) is 8.34. The molecule has 1 unspecified atom stereocenters.